The predicted octanol–water partition coefficient (Wildman–Crippen LogP) is 4.49. The molecule has 0 heteroatoms. The molecule has 0 aliphatic heterocycles. The lowest BCUT2D eigenvalue weighted by Crippen LogP contribution is -1.99. The van der Waals surface area contributed by atoms with Crippen molar-refractivity contribution >= 4 is 0 Å². The summed E-state index contributed by atoms with van der Waals surface area (Å²) >= 11 is 0. The summed E-state index contributed by atoms with van der Waals surface area (Å²) in [7, 11) is 0. The summed E-state index contributed by atoms with van der Waals surface area (Å²) in [4.78, 5) is 0. The zero-order chi connectivity index (χ0) is 9.84. The van der Waals surface area contributed by atoms with Crippen LogP contribution in [0.5, 0.6) is 0 Å². The molecule has 1 fully saturated rings. The van der Waals surface area contributed by atoms with Crippen molar-refractivity contribution < 1.29 is 0 Å². The van der Waals surface area contributed by atoms with Gasteiger partial charge in [-0.2, -0.15) is 0 Å². The molecule has 0 aromatic carbocycles. The Morgan fingerprint density at radius 2 is 1.85 bits per heavy atom. The molecule has 0 N–H and O–H groups in total. The molecule has 0 bridgehead atoms. The Hall–Kier alpha value is 0. The van der Waals surface area contributed by atoms with Crippen molar-refractivity contribution in [2.45, 2.75) is 59.8 Å². The van der Waals surface area contributed by atoms with Crippen LogP contribution < -0.4 is 0 Å². The summed E-state index contributed by atoms with van der Waals surface area (Å²) < 4.78 is 0. The number of hydrogen-bond acceptors (Lipinski definition) is 0. The van der Waals surface area contributed by atoms with E-state index in [1.807, 2.05) is 0 Å². The summed E-state index contributed by atoms with van der Waals surface area (Å²) in [5.41, 5.74) is 0. The highest BCUT2D eigenvalue weighted by atomic mass is 14.4. The van der Waals surface area contributed by atoms with Crippen molar-refractivity contribution in [3.63, 3.8) is 0 Å². The van der Waals surface area contributed by atoms with Gasteiger partial charge in [-0.1, -0.05) is 47.0 Å². The van der Waals surface area contributed by atoms with E-state index < -0.39 is 0 Å². The highest BCUT2D eigenvalue weighted by Gasteiger charge is 2.39. The van der Waals surface area contributed by atoms with Crippen LogP contribution in [0, 0.1) is 23.7 Å². The van der Waals surface area contributed by atoms with Gasteiger partial charge < -0.3 is 0 Å². The van der Waals surface area contributed by atoms with Gasteiger partial charge in [0.05, 0.1) is 0 Å². The lowest BCUT2D eigenvalue weighted by atomic mass is 9.97. The monoisotopic (exact) mass is 182 g/mol. The minimum atomic E-state index is 0.957. The van der Waals surface area contributed by atoms with Crippen LogP contribution in [0.1, 0.15) is 59.8 Å². The van der Waals surface area contributed by atoms with Crippen LogP contribution >= 0.6 is 0 Å². The average Bonchev–Trinajstić information content (AvgIpc) is 2.92. The molecule has 0 nitrogen and oxygen atoms in total. The van der Waals surface area contributed by atoms with Crippen LogP contribution in [-0.2, 0) is 0 Å². The molecule has 4 unspecified atom stereocenters. The fourth-order valence-corrected chi connectivity index (χ4v) is 2.31. The van der Waals surface area contributed by atoms with Gasteiger partial charge in [0.15, 0.2) is 0 Å². The van der Waals surface area contributed by atoms with E-state index in [9.17, 15) is 0 Å². The second-order valence-corrected chi connectivity index (χ2v) is 5.14. The van der Waals surface area contributed by atoms with E-state index in [2.05, 4.69) is 27.7 Å². The van der Waals surface area contributed by atoms with Crippen molar-refractivity contribution in [2.24, 2.45) is 23.7 Å². The van der Waals surface area contributed by atoms with Gasteiger partial charge in [-0.25, -0.2) is 0 Å². The zero-order valence-electron chi connectivity index (χ0n) is 9.84. The quantitative estimate of drug-likeness (QED) is 0.567. The summed E-state index contributed by atoms with van der Waals surface area (Å²) in [5.74, 6) is 4.14. The average molecular weight is 182 g/mol. The maximum atomic E-state index is 2.42. The maximum absolute atomic E-state index is 2.42. The Bertz CT molecular complexity index is 139. The van der Waals surface area contributed by atoms with E-state index in [0.29, 0.717) is 0 Å². The largest absolute Gasteiger partial charge is 0.0651 e. The molecule has 0 spiro atoms. The lowest BCUT2D eigenvalue weighted by molar-refractivity contribution is 0.418. The smallest absolute Gasteiger partial charge is 0.0357 e. The molecule has 4 atom stereocenters. The summed E-state index contributed by atoms with van der Waals surface area (Å²) in [6, 6.07) is 0. The minimum Gasteiger partial charge on any atom is -0.0651 e. The van der Waals surface area contributed by atoms with Crippen molar-refractivity contribution in [1.82, 2.24) is 0 Å². The normalized spacial score (nSPS) is 31.4. The molecule has 78 valence electrons. The van der Waals surface area contributed by atoms with E-state index in [0.717, 1.165) is 23.7 Å². The van der Waals surface area contributed by atoms with Crippen LogP contribution in [0.15, 0.2) is 0 Å². The van der Waals surface area contributed by atoms with Gasteiger partial charge in [-0.15, -0.1) is 0 Å². The first-order chi connectivity index (χ1) is 6.19. The van der Waals surface area contributed by atoms with Crippen molar-refractivity contribution in [3.05, 3.63) is 0 Å². The number of rotatable bonds is 6. The second-order valence-electron chi connectivity index (χ2n) is 5.14. The molecule has 1 aliphatic carbocycles. The highest BCUT2D eigenvalue weighted by molar-refractivity contribution is 4.89. The van der Waals surface area contributed by atoms with Gasteiger partial charge in [0.25, 0.3) is 0 Å². The Labute approximate surface area is 84.1 Å². The summed E-state index contributed by atoms with van der Waals surface area (Å²) in [6.07, 6.45) is 7.24. The van der Waals surface area contributed by atoms with Gasteiger partial charge in [0, 0.05) is 0 Å². The molecule has 0 radical (unpaired) electrons. The third-order valence-electron chi connectivity index (χ3n) is 4.08. The van der Waals surface area contributed by atoms with Gasteiger partial charge in [0.1, 0.15) is 0 Å². The summed E-state index contributed by atoms with van der Waals surface area (Å²) in [5, 5.41) is 0. The molecule has 1 saturated carbocycles. The molecular weight excluding hydrogens is 156 g/mol. The fourth-order valence-electron chi connectivity index (χ4n) is 2.31. The SMILES string of the molecule is CCC(C)CCC1CC1C(C)CC. The highest BCUT2D eigenvalue weighted by Crippen LogP contribution is 2.48. The Morgan fingerprint density at radius 3 is 2.38 bits per heavy atom. The molecule has 0 amide bonds. The molecule has 13 heavy (non-hydrogen) atoms. The Kier molecular flexibility index (Phi) is 4.28. The topological polar surface area (TPSA) is 0 Å². The van der Waals surface area contributed by atoms with E-state index in [-0.39, 0.29) is 0 Å². The van der Waals surface area contributed by atoms with E-state index in [1.54, 1.807) is 0 Å². The molecule has 0 aromatic rings. The van der Waals surface area contributed by atoms with Crippen LogP contribution in [0.4, 0.5) is 0 Å². The standard InChI is InChI=1S/C13H26/c1-5-10(3)7-8-12-9-13(12)11(4)6-2/h10-13H,5-9H2,1-4H3. The van der Waals surface area contributed by atoms with Gasteiger partial charge >= 0.3 is 0 Å². The van der Waals surface area contributed by atoms with Crippen molar-refractivity contribution in [2.75, 3.05) is 0 Å². The van der Waals surface area contributed by atoms with Crippen molar-refractivity contribution in [3.8, 4) is 0 Å². The van der Waals surface area contributed by atoms with Crippen LogP contribution in [0.2, 0.25) is 0 Å². The second kappa shape index (κ2) is 5.02. The first-order valence-electron chi connectivity index (χ1n) is 6.19. The third kappa shape index (κ3) is 3.32. The van der Waals surface area contributed by atoms with Crippen molar-refractivity contribution in [1.29, 1.82) is 0 Å². The van der Waals surface area contributed by atoms with Gasteiger partial charge in [0.2, 0.25) is 0 Å². The minimum absolute atomic E-state index is 0.957. The van der Waals surface area contributed by atoms with E-state index in [1.165, 1.54) is 32.1 Å². The Balaban J connectivity index is 2.07. The van der Waals surface area contributed by atoms with Crippen LogP contribution in [-0.4, -0.2) is 0 Å². The maximum Gasteiger partial charge on any atom is -0.0357 e. The molecule has 0 saturated heterocycles. The van der Waals surface area contributed by atoms with Gasteiger partial charge in [-0.3, -0.25) is 0 Å². The fraction of sp³-hybridized carbons (Fsp3) is 1.00. The molecule has 0 heterocycles. The van der Waals surface area contributed by atoms with Crippen LogP contribution in [0.3, 0.4) is 0 Å². The third-order valence-corrected chi connectivity index (χ3v) is 4.08. The van der Waals surface area contributed by atoms with Crippen LogP contribution in [0.25, 0.3) is 0 Å². The molecule has 1 aliphatic rings. The van der Waals surface area contributed by atoms with E-state index >= 15 is 0 Å². The first kappa shape index (κ1) is 11.1. The molecule has 0 aromatic heterocycles. The number of hydrogen-bond donors (Lipinski definition) is 0. The first-order valence-corrected chi connectivity index (χ1v) is 6.19. The predicted molar refractivity (Wildman–Crippen MR) is 59.7 cm³/mol. The van der Waals surface area contributed by atoms with Gasteiger partial charge in [-0.05, 0) is 36.5 Å². The molecule has 1 rings (SSSR count). The zero-order valence-corrected chi connectivity index (χ0v) is 9.84. The van der Waals surface area contributed by atoms with E-state index in [4.69, 9.17) is 0 Å². The molecular formula is C13H26. The summed E-state index contributed by atoms with van der Waals surface area (Å²) in [6.45, 7) is 9.45. The lowest BCUT2D eigenvalue weighted by Gasteiger charge is -2.09. The Morgan fingerprint density at radius 1 is 1.15 bits per heavy atom.